The zero-order chi connectivity index (χ0) is 86.4. The molecule has 5 aromatic carbocycles. The Morgan fingerprint density at radius 2 is 1.08 bits per heavy atom. The number of fused-ring (bicyclic) bond motifs is 1. The minimum atomic E-state index is -1.91. The van der Waals surface area contributed by atoms with Crippen LogP contribution in [0.25, 0.3) is 10.8 Å². The molecule has 2 aliphatic rings. The number of aliphatic hydroxyl groups is 1. The summed E-state index contributed by atoms with van der Waals surface area (Å²) in [6, 6.07) is 19.2. The summed E-state index contributed by atoms with van der Waals surface area (Å²) in [6.45, 7) is 9.56. The molecule has 0 bridgehead atoms. The quantitative estimate of drug-likeness (QED) is 0.0240. The number of hydrogen-bond acceptors (Lipinski definition) is 19. The summed E-state index contributed by atoms with van der Waals surface area (Å²) < 4.78 is 0. The number of nitrogens with zero attached hydrogens (tertiary/aromatic N) is 2. The van der Waals surface area contributed by atoms with Gasteiger partial charge in [-0.2, -0.15) is 0 Å². The van der Waals surface area contributed by atoms with Gasteiger partial charge >= 0.3 is 6.03 Å². The highest BCUT2D eigenvalue weighted by Crippen LogP contribution is 2.24. The standard InChI is InChI=1S/C84H107ClN18O16/c1-47(2)37-63(76(111)95-62(16-9-10-35-89-48(3)4)83(118)103-36-12-17-70(103)82(117)91-49(5)73(87)108)96-78(113)65(39-52-21-29-59(30-22-52)90-45-71(86)106)98-79(114)66(40-53-23-31-60(32-24-53)93-75(110)68-43-72(107)102-84(119)101-68)99-81(116)69(46-104)100-80(115)67(42-55-13-11-34-88-44-55)97-74(109)61(33-25-51-19-27-58(85)28-20-51)94-77(112)64(92-50(6)105)41-54-18-26-56-14-7-8-15-57(56)38-54/h7-8,11,13-15,18-24,26-32,34,38,44,47-49,61-70,89-90,104H,9-10,12,16-17,25,33,35-37,39-43,45-46H2,1-6H3,(H2,86,106)(H2,87,108)(H,91,117)(H,92,105)(H,93,110)(H,94,112)(H,95,111)(H,96,113)(H,97,109)(H,98,114)(H,99,116)(H,100,115)(H2,101,102,107,119)/t49-,61-,62+,63+,64-,65-,66+,67-,68+,69+,70+/m1/s1. The maximum atomic E-state index is 15.5. The molecule has 0 unspecified atom stereocenters. The maximum Gasteiger partial charge on any atom is 0.322 e. The molecule has 119 heavy (non-hydrogen) atoms. The number of amides is 16. The SMILES string of the molecule is CC(=O)N[C@H](Cc1ccc2ccccc2c1)C(=O)N[C@H](CCc1ccc(Cl)cc1)C(=O)N[C@H](Cc1cccnc1)C(=O)N[C@@H](CO)C(=O)N[C@@H](Cc1ccc(NC(=O)[C@@H]2CC(=O)NC(=O)N2)cc1)C(=O)N[C@H](Cc1ccc(NCC(N)=O)cc1)C(=O)N[C@@H](CC(C)C)C(=O)N[C@@H](CCCCNC(C)C)C(=O)N1CCC[C@H]1C(=O)N[C@H](C)C(N)=O. The van der Waals surface area contributed by atoms with Crippen molar-refractivity contribution in [1.82, 2.24) is 73.7 Å². The monoisotopic (exact) mass is 1660 g/mol. The molecule has 19 N–H and O–H groups in total. The van der Waals surface area contributed by atoms with Crippen molar-refractivity contribution < 1.29 is 77.0 Å². The van der Waals surface area contributed by atoms with Crippen LogP contribution in [-0.2, 0) is 99.2 Å². The van der Waals surface area contributed by atoms with E-state index in [4.69, 9.17) is 23.1 Å². The third-order valence-corrected chi connectivity index (χ3v) is 20.2. The Morgan fingerprint density at radius 3 is 1.66 bits per heavy atom. The lowest BCUT2D eigenvalue weighted by molar-refractivity contribution is -0.142. The number of anilines is 2. The molecule has 2 aliphatic heterocycles. The fraction of sp³-hybridized carbons (Fsp3) is 0.429. The number of hydrogen-bond donors (Lipinski definition) is 17. The number of aliphatic hydroxyl groups excluding tert-OH is 1. The summed E-state index contributed by atoms with van der Waals surface area (Å²) in [4.78, 5) is 214. The summed E-state index contributed by atoms with van der Waals surface area (Å²) in [5.74, 6) is -11.5. The highest BCUT2D eigenvalue weighted by atomic mass is 35.5. The molecule has 0 saturated carbocycles. The zero-order valence-corrected chi connectivity index (χ0v) is 68.1. The van der Waals surface area contributed by atoms with Crippen LogP contribution in [-0.4, -0.2) is 202 Å². The first-order valence-electron chi connectivity index (χ1n) is 39.6. The predicted octanol–water partition coefficient (Wildman–Crippen LogP) is 1.31. The van der Waals surface area contributed by atoms with Gasteiger partial charge in [0.1, 0.15) is 66.5 Å². The lowest BCUT2D eigenvalue weighted by Gasteiger charge is -2.31. The minimum absolute atomic E-state index is 0.0152. The van der Waals surface area contributed by atoms with Crippen LogP contribution in [0.3, 0.4) is 0 Å². The first-order valence-corrected chi connectivity index (χ1v) is 40.0. The van der Waals surface area contributed by atoms with Gasteiger partial charge in [0.25, 0.3) is 0 Å². The molecule has 16 amide bonds. The van der Waals surface area contributed by atoms with Gasteiger partial charge in [-0.05, 0) is 152 Å². The van der Waals surface area contributed by atoms with Gasteiger partial charge in [0.05, 0.1) is 19.6 Å². The van der Waals surface area contributed by atoms with Crippen molar-refractivity contribution in [1.29, 1.82) is 0 Å². The van der Waals surface area contributed by atoms with Crippen LogP contribution >= 0.6 is 11.6 Å². The number of nitrogens with two attached hydrogens (primary N) is 2. The molecule has 11 atom stereocenters. The van der Waals surface area contributed by atoms with Crippen LogP contribution in [0.15, 0.2) is 140 Å². The molecule has 34 nitrogen and oxygen atoms in total. The Hall–Kier alpha value is -12.4. The van der Waals surface area contributed by atoms with Gasteiger partial charge in [-0.25, -0.2) is 4.79 Å². The topological polar surface area (TPSA) is 513 Å². The zero-order valence-electron chi connectivity index (χ0n) is 67.3. The second-order valence-electron chi connectivity index (χ2n) is 30.4. The molecule has 3 heterocycles. The molecule has 35 heteroatoms. The molecule has 0 radical (unpaired) electrons. The first-order chi connectivity index (χ1) is 56.8. The summed E-state index contributed by atoms with van der Waals surface area (Å²) >= 11 is 6.23. The van der Waals surface area contributed by atoms with E-state index in [2.05, 4.69) is 79.4 Å². The summed E-state index contributed by atoms with van der Waals surface area (Å²) in [5.41, 5.74) is 14.0. The van der Waals surface area contributed by atoms with Crippen molar-refractivity contribution in [3.8, 4) is 0 Å². The number of primary amides is 2. The first kappa shape index (κ1) is 92.1. The number of nitrogens with one attached hydrogen (secondary N) is 14. The number of likely N-dealkylation sites (tertiary alicyclic amines) is 1. The Bertz CT molecular complexity index is 4560. The predicted molar refractivity (Wildman–Crippen MR) is 443 cm³/mol. The molecule has 2 fully saturated rings. The Kier molecular flexibility index (Phi) is 35.1. The van der Waals surface area contributed by atoms with Gasteiger partial charge in [0.15, 0.2) is 0 Å². The van der Waals surface area contributed by atoms with E-state index in [1.165, 1.54) is 55.4 Å². The molecule has 0 aliphatic carbocycles. The second kappa shape index (κ2) is 45.3. The molecule has 1 aromatic heterocycles. The number of pyridine rings is 1. The lowest BCUT2D eigenvalue weighted by atomic mass is 9.99. The highest BCUT2D eigenvalue weighted by molar-refractivity contribution is 6.30. The van der Waals surface area contributed by atoms with E-state index in [1.807, 2.05) is 56.3 Å². The van der Waals surface area contributed by atoms with E-state index < -0.39 is 168 Å². The van der Waals surface area contributed by atoms with Crippen LogP contribution in [0.5, 0.6) is 0 Å². The van der Waals surface area contributed by atoms with Crippen LogP contribution in [0.4, 0.5) is 16.2 Å². The highest BCUT2D eigenvalue weighted by Gasteiger charge is 2.41. The van der Waals surface area contributed by atoms with Crippen LogP contribution in [0, 0.1) is 5.92 Å². The van der Waals surface area contributed by atoms with E-state index in [-0.39, 0.29) is 88.5 Å². The number of unbranched alkanes of at least 4 members (excludes halogenated alkanes) is 1. The van der Waals surface area contributed by atoms with Crippen LogP contribution in [0.2, 0.25) is 5.02 Å². The van der Waals surface area contributed by atoms with Gasteiger partial charge in [-0.1, -0.05) is 124 Å². The molecular formula is C84H107ClN18O16. The maximum absolute atomic E-state index is 15.5. The number of urea groups is 1. The van der Waals surface area contributed by atoms with E-state index >= 15 is 24.0 Å². The number of carbonyl (C=O) groups is 15. The average Bonchev–Trinajstić information content (AvgIpc) is 1.78. The van der Waals surface area contributed by atoms with Crippen LogP contribution in [0.1, 0.15) is 121 Å². The smallest absolute Gasteiger partial charge is 0.322 e. The number of aromatic nitrogens is 1. The van der Waals surface area contributed by atoms with Gasteiger partial charge in [0.2, 0.25) is 82.7 Å². The molecule has 6 aromatic rings. The fourth-order valence-corrected chi connectivity index (χ4v) is 13.7. The molecule has 2 saturated heterocycles. The van der Waals surface area contributed by atoms with Gasteiger partial charge in [0, 0.05) is 74.0 Å². The summed E-state index contributed by atoms with van der Waals surface area (Å²) in [7, 11) is 0. The third-order valence-electron chi connectivity index (χ3n) is 19.9. The van der Waals surface area contributed by atoms with Crippen molar-refractivity contribution in [2.75, 3.05) is 36.9 Å². The largest absolute Gasteiger partial charge is 0.394 e. The number of aryl methyl sites for hydroxylation is 1. The van der Waals surface area contributed by atoms with Crippen molar-refractivity contribution in [2.45, 2.75) is 198 Å². The average molecular weight is 1660 g/mol. The van der Waals surface area contributed by atoms with Gasteiger partial charge in [-0.15, -0.1) is 0 Å². The van der Waals surface area contributed by atoms with Crippen molar-refractivity contribution >= 4 is 122 Å². The normalized spacial score (nSPS) is 16.1. The Balaban J connectivity index is 1.10. The van der Waals surface area contributed by atoms with Gasteiger partial charge < -0.3 is 90.6 Å². The Morgan fingerprint density at radius 1 is 0.555 bits per heavy atom. The van der Waals surface area contributed by atoms with Crippen molar-refractivity contribution in [2.24, 2.45) is 17.4 Å². The number of benzene rings is 5. The lowest BCUT2D eigenvalue weighted by Crippen LogP contribution is -2.61. The minimum Gasteiger partial charge on any atom is -0.394 e. The third kappa shape index (κ3) is 29.6. The summed E-state index contributed by atoms with van der Waals surface area (Å²) in [5, 5.41) is 51.1. The van der Waals surface area contributed by atoms with Crippen molar-refractivity contribution in [3.05, 3.63) is 173 Å². The van der Waals surface area contributed by atoms with E-state index in [0.29, 0.717) is 58.8 Å². The number of imide groups is 1. The van der Waals surface area contributed by atoms with E-state index in [0.717, 1.165) is 16.3 Å². The van der Waals surface area contributed by atoms with Crippen molar-refractivity contribution in [3.63, 3.8) is 0 Å². The molecule has 0 spiro atoms. The van der Waals surface area contributed by atoms with Crippen LogP contribution < -0.4 is 85.9 Å². The van der Waals surface area contributed by atoms with E-state index in [9.17, 15) is 53.1 Å². The molecule has 8 rings (SSSR count). The van der Waals surface area contributed by atoms with E-state index in [1.54, 1.807) is 74.5 Å². The second-order valence-corrected chi connectivity index (χ2v) is 30.9. The Labute approximate surface area is 694 Å². The van der Waals surface area contributed by atoms with Gasteiger partial charge in [-0.3, -0.25) is 77.4 Å². The number of halogens is 1. The molecular weight excluding hydrogens is 1550 g/mol. The number of rotatable bonds is 44. The molecule has 636 valence electrons. The summed E-state index contributed by atoms with van der Waals surface area (Å²) in [6.07, 6.45) is 3.45. The number of carbonyl (C=O) groups excluding carboxylic acids is 15. The fourth-order valence-electron chi connectivity index (χ4n) is 13.6.